The molecule has 0 bridgehead atoms. The summed E-state index contributed by atoms with van der Waals surface area (Å²) >= 11 is 1.32. The minimum atomic E-state index is -0.109. The molecular formula is C24H27N3O2S. The smallest absolute Gasteiger partial charge is 0.266 e. The second-order valence-electron chi connectivity index (χ2n) is 8.03. The molecule has 30 heavy (non-hydrogen) atoms. The molecule has 0 spiro atoms. The standard InChI is InChI=1S/C24H27N3O2S/c1-16-12-13-21(17(2)14-16)27-23(29)19-10-6-7-11-20(19)26-24(27)30-15-22(28)25-18-8-4-3-5-9-18/h6-7,10-14,18H,3-5,8-9,15H2,1-2H3,(H,25,28). The first-order chi connectivity index (χ1) is 14.5. The Kier molecular flexibility index (Phi) is 6.23. The molecule has 1 aliphatic carbocycles. The van der Waals surface area contributed by atoms with Gasteiger partial charge in [-0.1, -0.05) is 60.9 Å². The molecule has 1 aromatic heterocycles. The van der Waals surface area contributed by atoms with Crippen molar-refractivity contribution in [3.8, 4) is 5.69 Å². The number of carbonyl (C=O) groups is 1. The van der Waals surface area contributed by atoms with Gasteiger partial charge >= 0.3 is 0 Å². The normalized spacial score (nSPS) is 14.7. The van der Waals surface area contributed by atoms with E-state index in [0.29, 0.717) is 16.1 Å². The topological polar surface area (TPSA) is 64.0 Å². The molecule has 2 aromatic carbocycles. The Balaban J connectivity index is 1.67. The van der Waals surface area contributed by atoms with Gasteiger partial charge in [0.15, 0.2) is 5.16 Å². The molecule has 5 nitrogen and oxygen atoms in total. The summed E-state index contributed by atoms with van der Waals surface area (Å²) in [7, 11) is 0. The molecule has 1 fully saturated rings. The maximum absolute atomic E-state index is 13.4. The molecule has 1 amide bonds. The van der Waals surface area contributed by atoms with Crippen molar-refractivity contribution in [3.05, 3.63) is 63.9 Å². The molecule has 0 radical (unpaired) electrons. The highest BCUT2D eigenvalue weighted by Gasteiger charge is 2.18. The van der Waals surface area contributed by atoms with Crippen molar-refractivity contribution >= 4 is 28.6 Å². The van der Waals surface area contributed by atoms with Gasteiger partial charge in [-0.15, -0.1) is 0 Å². The first-order valence-corrected chi connectivity index (χ1v) is 11.5. The fourth-order valence-corrected chi connectivity index (χ4v) is 4.94. The summed E-state index contributed by atoms with van der Waals surface area (Å²) in [5.74, 6) is 0.244. The number of amides is 1. The van der Waals surface area contributed by atoms with Crippen LogP contribution in [0.15, 0.2) is 52.4 Å². The van der Waals surface area contributed by atoms with E-state index >= 15 is 0 Å². The highest BCUT2D eigenvalue weighted by molar-refractivity contribution is 7.99. The Morgan fingerprint density at radius 3 is 2.67 bits per heavy atom. The van der Waals surface area contributed by atoms with Gasteiger partial charge in [-0.2, -0.15) is 0 Å². The van der Waals surface area contributed by atoms with Crippen LogP contribution in [0.1, 0.15) is 43.2 Å². The number of hydrogen-bond donors (Lipinski definition) is 1. The molecule has 0 unspecified atom stereocenters. The second-order valence-corrected chi connectivity index (χ2v) is 8.98. The average molecular weight is 422 g/mol. The van der Waals surface area contributed by atoms with Crippen molar-refractivity contribution < 1.29 is 4.79 Å². The lowest BCUT2D eigenvalue weighted by Gasteiger charge is -2.22. The Morgan fingerprint density at radius 2 is 1.90 bits per heavy atom. The van der Waals surface area contributed by atoms with E-state index in [1.165, 1.54) is 31.0 Å². The van der Waals surface area contributed by atoms with Crippen molar-refractivity contribution in [1.82, 2.24) is 14.9 Å². The van der Waals surface area contributed by atoms with E-state index in [2.05, 4.69) is 11.4 Å². The van der Waals surface area contributed by atoms with Crippen molar-refractivity contribution in [3.63, 3.8) is 0 Å². The zero-order chi connectivity index (χ0) is 21.1. The first-order valence-electron chi connectivity index (χ1n) is 10.5. The van der Waals surface area contributed by atoms with Gasteiger partial charge < -0.3 is 5.32 Å². The van der Waals surface area contributed by atoms with Gasteiger partial charge in [0.1, 0.15) is 0 Å². The number of hydrogen-bond acceptors (Lipinski definition) is 4. The van der Waals surface area contributed by atoms with Crippen LogP contribution in [-0.2, 0) is 4.79 Å². The molecule has 1 saturated carbocycles. The molecular weight excluding hydrogens is 394 g/mol. The minimum Gasteiger partial charge on any atom is -0.353 e. The molecule has 156 valence electrons. The third kappa shape index (κ3) is 4.43. The van der Waals surface area contributed by atoms with Crippen LogP contribution in [0.3, 0.4) is 0 Å². The SMILES string of the molecule is Cc1ccc(-n2c(SCC(=O)NC3CCCCC3)nc3ccccc3c2=O)c(C)c1. The Hall–Kier alpha value is -2.60. The number of rotatable bonds is 5. The van der Waals surface area contributed by atoms with Crippen molar-refractivity contribution in [2.45, 2.75) is 57.1 Å². The quantitative estimate of drug-likeness (QED) is 0.485. The summed E-state index contributed by atoms with van der Waals surface area (Å²) in [6, 6.07) is 13.6. The lowest BCUT2D eigenvalue weighted by atomic mass is 9.95. The fraction of sp³-hybridized carbons (Fsp3) is 0.375. The summed E-state index contributed by atoms with van der Waals surface area (Å²) in [5.41, 5.74) is 3.49. The highest BCUT2D eigenvalue weighted by Crippen LogP contribution is 2.24. The minimum absolute atomic E-state index is 0.00138. The van der Waals surface area contributed by atoms with Gasteiger partial charge in [-0.05, 0) is 50.5 Å². The summed E-state index contributed by atoms with van der Waals surface area (Å²) in [5, 5.41) is 4.27. The van der Waals surface area contributed by atoms with Crippen LogP contribution in [0.25, 0.3) is 16.6 Å². The number of aromatic nitrogens is 2. The monoisotopic (exact) mass is 421 g/mol. The number of nitrogens with one attached hydrogen (secondary N) is 1. The molecule has 1 N–H and O–H groups in total. The fourth-order valence-electron chi connectivity index (χ4n) is 4.12. The molecule has 1 heterocycles. The van der Waals surface area contributed by atoms with Gasteiger partial charge in [0.05, 0.1) is 22.3 Å². The molecule has 0 saturated heterocycles. The van der Waals surface area contributed by atoms with Crippen LogP contribution in [-0.4, -0.2) is 27.3 Å². The second kappa shape index (κ2) is 9.04. The Morgan fingerprint density at radius 1 is 1.13 bits per heavy atom. The van der Waals surface area contributed by atoms with E-state index in [1.807, 2.05) is 44.2 Å². The molecule has 1 aliphatic rings. The lowest BCUT2D eigenvalue weighted by Crippen LogP contribution is -2.37. The van der Waals surface area contributed by atoms with Crippen LogP contribution in [0, 0.1) is 13.8 Å². The number of carbonyl (C=O) groups excluding carboxylic acids is 1. The number of benzene rings is 2. The summed E-state index contributed by atoms with van der Waals surface area (Å²) in [6.45, 7) is 4.03. The van der Waals surface area contributed by atoms with E-state index < -0.39 is 0 Å². The number of fused-ring (bicyclic) bond motifs is 1. The van der Waals surface area contributed by atoms with E-state index in [4.69, 9.17) is 4.98 Å². The predicted octanol–water partition coefficient (Wildman–Crippen LogP) is 4.54. The molecule has 4 rings (SSSR count). The highest BCUT2D eigenvalue weighted by atomic mass is 32.2. The zero-order valence-corrected chi connectivity index (χ0v) is 18.3. The van der Waals surface area contributed by atoms with E-state index in [-0.39, 0.29) is 23.3 Å². The van der Waals surface area contributed by atoms with Crippen LogP contribution < -0.4 is 10.9 Å². The summed E-state index contributed by atoms with van der Waals surface area (Å²) < 4.78 is 1.65. The number of thioether (sulfide) groups is 1. The average Bonchev–Trinajstić information content (AvgIpc) is 2.74. The van der Waals surface area contributed by atoms with Crippen LogP contribution in [0.5, 0.6) is 0 Å². The first kappa shape index (κ1) is 20.7. The third-order valence-electron chi connectivity index (χ3n) is 5.64. The van der Waals surface area contributed by atoms with Gasteiger partial charge in [0, 0.05) is 6.04 Å². The summed E-state index contributed by atoms with van der Waals surface area (Å²) in [6.07, 6.45) is 5.72. The van der Waals surface area contributed by atoms with E-state index in [9.17, 15) is 9.59 Å². The molecule has 6 heteroatoms. The predicted molar refractivity (Wildman–Crippen MR) is 123 cm³/mol. The van der Waals surface area contributed by atoms with Gasteiger partial charge in [-0.25, -0.2) is 4.98 Å². The van der Waals surface area contributed by atoms with Crippen LogP contribution in [0.2, 0.25) is 0 Å². The number of nitrogens with zero attached hydrogens (tertiary/aromatic N) is 2. The molecule has 0 atom stereocenters. The van der Waals surface area contributed by atoms with E-state index in [1.54, 1.807) is 10.6 Å². The van der Waals surface area contributed by atoms with Crippen molar-refractivity contribution in [1.29, 1.82) is 0 Å². The lowest BCUT2D eigenvalue weighted by molar-refractivity contribution is -0.119. The van der Waals surface area contributed by atoms with Crippen LogP contribution in [0.4, 0.5) is 0 Å². The van der Waals surface area contributed by atoms with Crippen molar-refractivity contribution in [2.24, 2.45) is 0 Å². The van der Waals surface area contributed by atoms with Gasteiger partial charge in [0.25, 0.3) is 5.56 Å². The zero-order valence-electron chi connectivity index (χ0n) is 17.5. The van der Waals surface area contributed by atoms with Crippen molar-refractivity contribution in [2.75, 3.05) is 5.75 Å². The maximum atomic E-state index is 13.4. The number of para-hydroxylation sites is 1. The Labute approximate surface area is 180 Å². The molecule has 3 aromatic rings. The largest absolute Gasteiger partial charge is 0.353 e. The van der Waals surface area contributed by atoms with E-state index in [0.717, 1.165) is 29.7 Å². The Bertz CT molecular complexity index is 1130. The summed E-state index contributed by atoms with van der Waals surface area (Å²) in [4.78, 5) is 30.6. The van der Waals surface area contributed by atoms with Gasteiger partial charge in [0.2, 0.25) is 5.91 Å². The van der Waals surface area contributed by atoms with Crippen LogP contribution >= 0.6 is 11.8 Å². The molecule has 0 aliphatic heterocycles. The third-order valence-corrected chi connectivity index (χ3v) is 6.58. The van der Waals surface area contributed by atoms with Gasteiger partial charge in [-0.3, -0.25) is 14.2 Å². The number of aryl methyl sites for hydroxylation is 2. The maximum Gasteiger partial charge on any atom is 0.266 e.